The van der Waals surface area contributed by atoms with Gasteiger partial charge in [0.15, 0.2) is 0 Å². The van der Waals surface area contributed by atoms with Gasteiger partial charge in [-0.25, -0.2) is 4.98 Å². The molecule has 9 heteroatoms. The van der Waals surface area contributed by atoms with Crippen LogP contribution in [0.25, 0.3) is 11.0 Å². The minimum absolute atomic E-state index is 0.00360. The van der Waals surface area contributed by atoms with Gasteiger partial charge in [0.2, 0.25) is 11.8 Å². The molecule has 1 aliphatic heterocycles. The van der Waals surface area contributed by atoms with Crippen molar-refractivity contribution in [2.45, 2.75) is 0 Å². The molecule has 1 fully saturated rings. The van der Waals surface area contributed by atoms with E-state index >= 15 is 0 Å². The molecule has 128 valence electrons. The van der Waals surface area contributed by atoms with Gasteiger partial charge in [-0.2, -0.15) is 20.4 Å². The minimum Gasteiger partial charge on any atom is -0.481 e. The van der Waals surface area contributed by atoms with E-state index in [-0.39, 0.29) is 5.91 Å². The second-order valence-electron chi connectivity index (χ2n) is 5.71. The first kappa shape index (κ1) is 15.3. The van der Waals surface area contributed by atoms with E-state index in [0.717, 1.165) is 5.52 Å². The standard InChI is InChI=1S/C16H17N7O2/c1-25-14-4-5-17-16(18-14)23-8-6-22(7-9-23)15(24)11-2-3-12-13(10-11)20-21-19-12/h2-5,10H,6-9H2,1H3,(H,19,20,21). The van der Waals surface area contributed by atoms with Crippen molar-refractivity contribution in [1.29, 1.82) is 0 Å². The number of aromatic nitrogens is 5. The van der Waals surface area contributed by atoms with Crippen LogP contribution in [-0.2, 0) is 0 Å². The zero-order chi connectivity index (χ0) is 17.2. The number of nitrogens with zero attached hydrogens (tertiary/aromatic N) is 6. The molecule has 0 atom stereocenters. The average molecular weight is 339 g/mol. The number of carbonyl (C=O) groups is 1. The Morgan fingerprint density at radius 1 is 1.12 bits per heavy atom. The molecular formula is C16H17N7O2. The molecule has 1 amide bonds. The smallest absolute Gasteiger partial charge is 0.254 e. The van der Waals surface area contributed by atoms with Gasteiger partial charge in [0.05, 0.1) is 7.11 Å². The third-order valence-electron chi connectivity index (χ3n) is 4.24. The van der Waals surface area contributed by atoms with Crippen LogP contribution >= 0.6 is 0 Å². The van der Waals surface area contributed by atoms with Crippen LogP contribution in [0.5, 0.6) is 5.88 Å². The Morgan fingerprint density at radius 2 is 1.92 bits per heavy atom. The molecule has 0 saturated carbocycles. The maximum atomic E-state index is 12.7. The maximum absolute atomic E-state index is 12.7. The molecule has 0 spiro atoms. The molecule has 3 heterocycles. The van der Waals surface area contributed by atoms with Crippen LogP contribution in [-0.4, -0.2) is 69.5 Å². The summed E-state index contributed by atoms with van der Waals surface area (Å²) in [6.07, 6.45) is 1.67. The molecule has 25 heavy (non-hydrogen) atoms. The summed E-state index contributed by atoms with van der Waals surface area (Å²) >= 11 is 0. The van der Waals surface area contributed by atoms with Gasteiger partial charge >= 0.3 is 0 Å². The summed E-state index contributed by atoms with van der Waals surface area (Å²) in [5, 5.41) is 10.6. The molecule has 0 bridgehead atoms. The minimum atomic E-state index is -0.00360. The van der Waals surface area contributed by atoms with Crippen LogP contribution in [0.2, 0.25) is 0 Å². The van der Waals surface area contributed by atoms with Crippen LogP contribution in [0.1, 0.15) is 10.4 Å². The van der Waals surface area contributed by atoms with Crippen LogP contribution in [0.3, 0.4) is 0 Å². The number of rotatable bonds is 3. The summed E-state index contributed by atoms with van der Waals surface area (Å²) in [6, 6.07) is 7.05. The third-order valence-corrected chi connectivity index (χ3v) is 4.24. The maximum Gasteiger partial charge on any atom is 0.254 e. The molecule has 2 aromatic heterocycles. The van der Waals surface area contributed by atoms with Gasteiger partial charge in [-0.1, -0.05) is 0 Å². The summed E-state index contributed by atoms with van der Waals surface area (Å²) in [5.74, 6) is 1.15. The van der Waals surface area contributed by atoms with Gasteiger partial charge < -0.3 is 14.5 Å². The van der Waals surface area contributed by atoms with Crippen LogP contribution in [0.15, 0.2) is 30.5 Å². The molecule has 3 aromatic rings. The summed E-state index contributed by atoms with van der Waals surface area (Å²) < 4.78 is 5.14. The normalized spacial score (nSPS) is 14.8. The fourth-order valence-corrected chi connectivity index (χ4v) is 2.86. The highest BCUT2D eigenvalue weighted by molar-refractivity contribution is 5.97. The summed E-state index contributed by atoms with van der Waals surface area (Å²) in [7, 11) is 1.58. The zero-order valence-corrected chi connectivity index (χ0v) is 13.7. The Kier molecular flexibility index (Phi) is 3.88. The second-order valence-corrected chi connectivity index (χ2v) is 5.71. The van der Waals surface area contributed by atoms with Crippen molar-refractivity contribution in [1.82, 2.24) is 30.3 Å². The molecule has 0 aliphatic carbocycles. The highest BCUT2D eigenvalue weighted by Crippen LogP contribution is 2.17. The van der Waals surface area contributed by atoms with E-state index in [1.807, 2.05) is 9.80 Å². The number of H-pyrrole nitrogens is 1. The number of amides is 1. The van der Waals surface area contributed by atoms with E-state index in [2.05, 4.69) is 25.4 Å². The van der Waals surface area contributed by atoms with E-state index in [0.29, 0.717) is 49.1 Å². The predicted octanol–water partition coefficient (Wildman–Crippen LogP) is 0.719. The SMILES string of the molecule is COc1ccnc(N2CCN(C(=O)c3ccc4n[nH]nc4c3)CC2)n1. The van der Waals surface area contributed by atoms with Crippen molar-refractivity contribution < 1.29 is 9.53 Å². The average Bonchev–Trinajstić information content (AvgIpc) is 3.15. The first-order valence-corrected chi connectivity index (χ1v) is 7.96. The number of piperazine rings is 1. The van der Waals surface area contributed by atoms with Crippen molar-refractivity contribution >= 4 is 22.9 Å². The van der Waals surface area contributed by atoms with Gasteiger partial charge in [0.25, 0.3) is 5.91 Å². The molecule has 9 nitrogen and oxygen atoms in total. The Morgan fingerprint density at radius 3 is 2.72 bits per heavy atom. The molecule has 1 saturated heterocycles. The Balaban J connectivity index is 1.44. The number of ether oxygens (including phenoxy) is 1. The highest BCUT2D eigenvalue weighted by Gasteiger charge is 2.24. The topological polar surface area (TPSA) is 100 Å². The number of methoxy groups -OCH3 is 1. The highest BCUT2D eigenvalue weighted by atomic mass is 16.5. The second kappa shape index (κ2) is 6.34. The summed E-state index contributed by atoms with van der Waals surface area (Å²) in [6.45, 7) is 2.56. The van der Waals surface area contributed by atoms with E-state index in [1.165, 1.54) is 0 Å². The van der Waals surface area contributed by atoms with Gasteiger partial charge in [-0.15, -0.1) is 0 Å². The number of aromatic amines is 1. The number of nitrogens with one attached hydrogen (secondary N) is 1. The predicted molar refractivity (Wildman–Crippen MR) is 90.6 cm³/mol. The van der Waals surface area contributed by atoms with Crippen molar-refractivity contribution in [3.63, 3.8) is 0 Å². The van der Waals surface area contributed by atoms with Crippen LogP contribution in [0, 0.1) is 0 Å². The number of anilines is 1. The van der Waals surface area contributed by atoms with Gasteiger partial charge in [0, 0.05) is 44.0 Å². The fraction of sp³-hybridized carbons (Fsp3) is 0.312. The lowest BCUT2D eigenvalue weighted by atomic mass is 10.1. The molecule has 1 aromatic carbocycles. The lowest BCUT2D eigenvalue weighted by Gasteiger charge is -2.34. The number of fused-ring (bicyclic) bond motifs is 1. The molecule has 1 N–H and O–H groups in total. The first-order chi connectivity index (χ1) is 12.2. The van der Waals surface area contributed by atoms with Crippen LogP contribution < -0.4 is 9.64 Å². The van der Waals surface area contributed by atoms with Gasteiger partial charge in [-0.3, -0.25) is 4.79 Å². The zero-order valence-electron chi connectivity index (χ0n) is 13.7. The van der Waals surface area contributed by atoms with E-state index in [4.69, 9.17) is 4.74 Å². The first-order valence-electron chi connectivity index (χ1n) is 7.96. The number of hydrogen-bond donors (Lipinski definition) is 1. The monoisotopic (exact) mass is 339 g/mol. The van der Waals surface area contributed by atoms with Gasteiger partial charge in [-0.05, 0) is 18.2 Å². The van der Waals surface area contributed by atoms with E-state index in [1.54, 1.807) is 37.6 Å². The van der Waals surface area contributed by atoms with Gasteiger partial charge in [0.1, 0.15) is 11.0 Å². The number of benzene rings is 1. The summed E-state index contributed by atoms with van der Waals surface area (Å²) in [5.41, 5.74) is 2.05. The molecule has 0 radical (unpaired) electrons. The Labute approximate surface area is 143 Å². The van der Waals surface area contributed by atoms with Crippen molar-refractivity contribution in [3.8, 4) is 5.88 Å². The molecular weight excluding hydrogens is 322 g/mol. The fourth-order valence-electron chi connectivity index (χ4n) is 2.86. The third kappa shape index (κ3) is 2.95. The lowest BCUT2D eigenvalue weighted by molar-refractivity contribution is 0.0746. The molecule has 4 rings (SSSR count). The quantitative estimate of drug-likeness (QED) is 0.750. The summed E-state index contributed by atoms with van der Waals surface area (Å²) in [4.78, 5) is 25.2. The molecule has 1 aliphatic rings. The molecule has 0 unspecified atom stereocenters. The van der Waals surface area contributed by atoms with Crippen molar-refractivity contribution in [3.05, 3.63) is 36.0 Å². The Hall–Kier alpha value is -3.23. The van der Waals surface area contributed by atoms with E-state index < -0.39 is 0 Å². The number of hydrogen-bond acceptors (Lipinski definition) is 7. The Bertz CT molecular complexity index is 902. The number of carbonyl (C=O) groups excluding carboxylic acids is 1. The van der Waals surface area contributed by atoms with E-state index in [9.17, 15) is 4.79 Å². The lowest BCUT2D eigenvalue weighted by Crippen LogP contribution is -2.49. The van der Waals surface area contributed by atoms with Crippen molar-refractivity contribution in [2.24, 2.45) is 0 Å². The van der Waals surface area contributed by atoms with Crippen molar-refractivity contribution in [2.75, 3.05) is 38.2 Å². The largest absolute Gasteiger partial charge is 0.481 e. The van der Waals surface area contributed by atoms with Crippen LogP contribution in [0.4, 0.5) is 5.95 Å².